The van der Waals surface area contributed by atoms with Gasteiger partial charge in [0.15, 0.2) is 0 Å². The van der Waals surface area contributed by atoms with Gasteiger partial charge in [-0.3, -0.25) is 0 Å². The Morgan fingerprint density at radius 3 is 2.57 bits per heavy atom. The summed E-state index contributed by atoms with van der Waals surface area (Å²) in [4.78, 5) is 4.05. The van der Waals surface area contributed by atoms with Crippen molar-refractivity contribution >= 4 is 0 Å². The molecule has 1 aromatic rings. The van der Waals surface area contributed by atoms with Crippen molar-refractivity contribution in [1.29, 1.82) is 5.26 Å². The summed E-state index contributed by atoms with van der Waals surface area (Å²) in [6, 6.07) is 3.90. The van der Waals surface area contributed by atoms with Gasteiger partial charge in [-0.2, -0.15) is 5.26 Å². The minimum Gasteiger partial charge on any atom is -0.471 e. The van der Waals surface area contributed by atoms with Crippen molar-refractivity contribution < 1.29 is 4.74 Å². The van der Waals surface area contributed by atoms with E-state index in [0.29, 0.717) is 11.4 Å². The summed E-state index contributed by atoms with van der Waals surface area (Å²) in [5.41, 5.74) is 1.08. The van der Waals surface area contributed by atoms with Crippen molar-refractivity contribution in [2.24, 2.45) is 0 Å². The van der Waals surface area contributed by atoms with Crippen LogP contribution in [-0.4, -0.2) is 10.6 Å². The van der Waals surface area contributed by atoms with Gasteiger partial charge in [-0.15, -0.1) is 0 Å². The summed E-state index contributed by atoms with van der Waals surface area (Å²) in [6.07, 6.45) is 1.65. The monoisotopic (exact) mass is 190 g/mol. The maximum atomic E-state index is 8.93. The van der Waals surface area contributed by atoms with Crippen LogP contribution in [0.5, 0.6) is 5.88 Å². The number of rotatable bonds is 1. The summed E-state index contributed by atoms with van der Waals surface area (Å²) >= 11 is 0. The standard InChI is InChI=1S/C11H14N2O/c1-8-5-6-13-10(9(8)7-12)14-11(2,3)4/h5-6H,1-4H3. The van der Waals surface area contributed by atoms with Crippen molar-refractivity contribution in [3.63, 3.8) is 0 Å². The lowest BCUT2D eigenvalue weighted by Crippen LogP contribution is -2.24. The molecule has 0 amide bonds. The van der Waals surface area contributed by atoms with Gasteiger partial charge in [-0.05, 0) is 39.3 Å². The van der Waals surface area contributed by atoms with E-state index in [0.717, 1.165) is 5.56 Å². The lowest BCUT2D eigenvalue weighted by Gasteiger charge is -2.21. The highest BCUT2D eigenvalue weighted by molar-refractivity contribution is 5.43. The zero-order chi connectivity index (χ0) is 10.8. The Kier molecular flexibility index (Phi) is 2.76. The van der Waals surface area contributed by atoms with Crippen LogP contribution in [-0.2, 0) is 0 Å². The maximum absolute atomic E-state index is 8.93. The summed E-state index contributed by atoms with van der Waals surface area (Å²) < 4.78 is 5.57. The quantitative estimate of drug-likeness (QED) is 0.683. The molecule has 0 aromatic carbocycles. The summed E-state index contributed by atoms with van der Waals surface area (Å²) in [5.74, 6) is 0.417. The third-order valence-electron chi connectivity index (χ3n) is 1.64. The zero-order valence-corrected chi connectivity index (χ0v) is 8.96. The fourth-order valence-electron chi connectivity index (χ4n) is 1.04. The average molecular weight is 190 g/mol. The average Bonchev–Trinajstić information content (AvgIpc) is 2.01. The molecule has 14 heavy (non-hydrogen) atoms. The van der Waals surface area contributed by atoms with Crippen molar-refractivity contribution in [1.82, 2.24) is 4.98 Å². The number of nitriles is 1. The van der Waals surface area contributed by atoms with Gasteiger partial charge in [-0.25, -0.2) is 4.98 Å². The van der Waals surface area contributed by atoms with E-state index >= 15 is 0 Å². The predicted octanol–water partition coefficient (Wildman–Crippen LogP) is 2.44. The Hall–Kier alpha value is -1.56. The molecule has 0 saturated heterocycles. The first-order valence-electron chi connectivity index (χ1n) is 4.49. The Morgan fingerprint density at radius 1 is 1.43 bits per heavy atom. The molecule has 0 aliphatic heterocycles. The lowest BCUT2D eigenvalue weighted by molar-refractivity contribution is 0.123. The first kappa shape index (κ1) is 10.5. The normalized spacial score (nSPS) is 10.8. The maximum Gasteiger partial charge on any atom is 0.232 e. The molecule has 0 fully saturated rings. The molecule has 0 aliphatic rings. The summed E-state index contributed by atoms with van der Waals surface area (Å²) in [7, 11) is 0. The third kappa shape index (κ3) is 2.46. The van der Waals surface area contributed by atoms with E-state index < -0.39 is 0 Å². The van der Waals surface area contributed by atoms with Crippen LogP contribution in [0.25, 0.3) is 0 Å². The molecular formula is C11H14N2O. The molecule has 0 bridgehead atoms. The number of ether oxygens (including phenoxy) is 1. The number of aromatic nitrogens is 1. The van der Waals surface area contributed by atoms with Gasteiger partial charge in [0.1, 0.15) is 17.2 Å². The van der Waals surface area contributed by atoms with Crippen LogP contribution in [0.2, 0.25) is 0 Å². The molecule has 0 saturated carbocycles. The molecule has 3 nitrogen and oxygen atoms in total. The van der Waals surface area contributed by atoms with Crippen LogP contribution in [0, 0.1) is 18.3 Å². The van der Waals surface area contributed by atoms with Gasteiger partial charge in [0, 0.05) is 6.20 Å². The highest BCUT2D eigenvalue weighted by Gasteiger charge is 2.16. The third-order valence-corrected chi connectivity index (χ3v) is 1.64. The van der Waals surface area contributed by atoms with Gasteiger partial charge in [0.2, 0.25) is 5.88 Å². The Bertz CT molecular complexity index is 372. The second kappa shape index (κ2) is 3.67. The molecule has 3 heteroatoms. The van der Waals surface area contributed by atoms with E-state index in [4.69, 9.17) is 10.00 Å². The van der Waals surface area contributed by atoms with Gasteiger partial charge >= 0.3 is 0 Å². The summed E-state index contributed by atoms with van der Waals surface area (Å²) in [6.45, 7) is 7.66. The molecule has 0 radical (unpaired) electrons. The van der Waals surface area contributed by atoms with E-state index in [9.17, 15) is 0 Å². The minimum absolute atomic E-state index is 0.327. The molecule has 1 aromatic heterocycles. The smallest absolute Gasteiger partial charge is 0.232 e. The fraction of sp³-hybridized carbons (Fsp3) is 0.455. The van der Waals surface area contributed by atoms with Crippen LogP contribution >= 0.6 is 0 Å². The molecule has 1 rings (SSSR count). The number of aryl methyl sites for hydroxylation is 1. The molecule has 1 heterocycles. The van der Waals surface area contributed by atoms with Crippen LogP contribution < -0.4 is 4.74 Å². The van der Waals surface area contributed by atoms with Crippen molar-refractivity contribution in [2.45, 2.75) is 33.3 Å². The predicted molar refractivity (Wildman–Crippen MR) is 54.1 cm³/mol. The second-order valence-electron chi connectivity index (χ2n) is 4.13. The van der Waals surface area contributed by atoms with Gasteiger partial charge in [0.05, 0.1) is 0 Å². The van der Waals surface area contributed by atoms with Gasteiger partial charge in [0.25, 0.3) is 0 Å². The van der Waals surface area contributed by atoms with Gasteiger partial charge < -0.3 is 4.74 Å². The molecule has 74 valence electrons. The topological polar surface area (TPSA) is 45.9 Å². The number of nitrogens with zero attached hydrogens (tertiary/aromatic N) is 2. The van der Waals surface area contributed by atoms with Crippen molar-refractivity contribution in [2.75, 3.05) is 0 Å². The first-order valence-corrected chi connectivity index (χ1v) is 4.49. The SMILES string of the molecule is Cc1ccnc(OC(C)(C)C)c1C#N. The molecule has 0 atom stereocenters. The number of hydrogen-bond acceptors (Lipinski definition) is 3. The summed E-state index contributed by atoms with van der Waals surface area (Å²) in [5, 5.41) is 8.93. The largest absolute Gasteiger partial charge is 0.471 e. The Morgan fingerprint density at radius 2 is 2.07 bits per heavy atom. The molecule has 0 N–H and O–H groups in total. The van der Waals surface area contributed by atoms with E-state index in [1.54, 1.807) is 12.3 Å². The van der Waals surface area contributed by atoms with Crippen LogP contribution in [0.3, 0.4) is 0 Å². The molecule has 0 aliphatic carbocycles. The first-order chi connectivity index (χ1) is 6.44. The molecule has 0 spiro atoms. The Labute approximate surface area is 84.3 Å². The van der Waals surface area contributed by atoms with Crippen molar-refractivity contribution in [3.8, 4) is 11.9 Å². The van der Waals surface area contributed by atoms with E-state index in [-0.39, 0.29) is 5.60 Å². The molecule has 0 unspecified atom stereocenters. The van der Waals surface area contributed by atoms with E-state index in [1.807, 2.05) is 27.7 Å². The lowest BCUT2D eigenvalue weighted by atomic mass is 10.1. The second-order valence-corrected chi connectivity index (χ2v) is 4.13. The zero-order valence-electron chi connectivity index (χ0n) is 8.96. The van der Waals surface area contributed by atoms with Crippen LogP contribution in [0.4, 0.5) is 0 Å². The number of hydrogen-bond donors (Lipinski definition) is 0. The van der Waals surface area contributed by atoms with Crippen LogP contribution in [0.15, 0.2) is 12.3 Å². The van der Waals surface area contributed by atoms with Crippen LogP contribution in [0.1, 0.15) is 31.9 Å². The van der Waals surface area contributed by atoms with E-state index in [2.05, 4.69) is 11.1 Å². The minimum atomic E-state index is -0.327. The van der Waals surface area contributed by atoms with Crippen molar-refractivity contribution in [3.05, 3.63) is 23.4 Å². The highest BCUT2D eigenvalue weighted by Crippen LogP contribution is 2.21. The number of pyridine rings is 1. The Balaban J connectivity index is 3.10. The highest BCUT2D eigenvalue weighted by atomic mass is 16.5. The van der Waals surface area contributed by atoms with Gasteiger partial charge in [-0.1, -0.05) is 0 Å². The van der Waals surface area contributed by atoms with E-state index in [1.165, 1.54) is 0 Å². The fourth-order valence-corrected chi connectivity index (χ4v) is 1.04. The molecular weight excluding hydrogens is 176 g/mol.